The van der Waals surface area contributed by atoms with E-state index in [1.165, 1.54) is 0 Å². The Kier molecular flexibility index (Phi) is 10.0. The van der Waals surface area contributed by atoms with Gasteiger partial charge in [0, 0.05) is 44.9 Å². The van der Waals surface area contributed by atoms with Crippen molar-refractivity contribution in [3.05, 3.63) is 64.2 Å². The van der Waals surface area contributed by atoms with Crippen LogP contribution in [0.1, 0.15) is 72.9 Å². The lowest BCUT2D eigenvalue weighted by molar-refractivity contribution is 0.148. The van der Waals surface area contributed by atoms with E-state index < -0.39 is 0 Å². The molecule has 2 aromatic rings. The summed E-state index contributed by atoms with van der Waals surface area (Å²) in [5.41, 5.74) is -0.209. The Labute approximate surface area is 199 Å². The third kappa shape index (κ3) is 9.49. The van der Waals surface area contributed by atoms with Crippen LogP contribution in [0.15, 0.2) is 33.9 Å². The molecule has 4 nitrogen and oxygen atoms in total. The number of aliphatic hydroxyl groups excluding tert-OH is 2. The van der Waals surface area contributed by atoms with Gasteiger partial charge in [-0.15, -0.1) is 22.7 Å². The number of aliphatic hydroxyl groups is 2. The van der Waals surface area contributed by atoms with Crippen molar-refractivity contribution in [2.75, 3.05) is 13.2 Å². The highest BCUT2D eigenvalue weighted by atomic mass is 32.1. The minimum absolute atomic E-state index is 0.00625. The van der Waals surface area contributed by atoms with E-state index in [0.717, 1.165) is 58.0 Å². The predicted molar refractivity (Wildman–Crippen MR) is 138 cm³/mol. The standard InChI is InChI=1S/C26H36O4S2/c1-25(2,17-27)11-5-7-21-13-19(29)15-23(31-21)9-10-24-16-20(30)14-22(32-24)8-6-12-26(3,4)18-28/h9-10,13-16,27-28H,5-8,11-12,17-18H2,1-4H3. The largest absolute Gasteiger partial charge is 0.396 e. The molecule has 2 N–H and O–H groups in total. The van der Waals surface area contributed by atoms with E-state index in [2.05, 4.69) is 0 Å². The van der Waals surface area contributed by atoms with Gasteiger partial charge in [-0.25, -0.2) is 0 Å². The molecule has 176 valence electrons. The Morgan fingerprint density at radius 2 is 1.09 bits per heavy atom. The van der Waals surface area contributed by atoms with E-state index >= 15 is 0 Å². The van der Waals surface area contributed by atoms with Crippen molar-refractivity contribution in [2.45, 2.75) is 66.2 Å². The first-order valence-electron chi connectivity index (χ1n) is 11.2. The molecule has 0 bridgehead atoms. The van der Waals surface area contributed by atoms with Crippen molar-refractivity contribution in [1.82, 2.24) is 0 Å². The SMILES string of the molecule is CC(C)(CO)CCCc1cc(=O)cc(C=Cc2cc(=O)cc(CCCC(C)(C)CO)s2)s1. The number of aryl methyl sites for hydroxylation is 2. The summed E-state index contributed by atoms with van der Waals surface area (Å²) in [6.07, 6.45) is 9.12. The average Bonchev–Trinajstić information content (AvgIpc) is 2.71. The van der Waals surface area contributed by atoms with Crippen LogP contribution in [-0.4, -0.2) is 23.4 Å². The molecule has 0 fully saturated rings. The molecule has 2 rings (SSSR count). The molecule has 2 aromatic heterocycles. The van der Waals surface area contributed by atoms with Gasteiger partial charge in [-0.1, -0.05) is 27.7 Å². The van der Waals surface area contributed by atoms with Gasteiger partial charge in [-0.3, -0.25) is 9.59 Å². The Morgan fingerprint density at radius 1 is 0.719 bits per heavy atom. The van der Waals surface area contributed by atoms with Gasteiger partial charge in [0.25, 0.3) is 0 Å². The van der Waals surface area contributed by atoms with Crippen molar-refractivity contribution >= 4 is 34.8 Å². The van der Waals surface area contributed by atoms with Gasteiger partial charge in [0.2, 0.25) is 0 Å². The molecule has 0 spiro atoms. The monoisotopic (exact) mass is 476 g/mol. The second kappa shape index (κ2) is 12.0. The number of rotatable bonds is 12. The van der Waals surface area contributed by atoms with Crippen LogP contribution in [0.5, 0.6) is 0 Å². The normalized spacial score (nSPS) is 12.6. The highest BCUT2D eigenvalue weighted by molar-refractivity contribution is 7.13. The van der Waals surface area contributed by atoms with Gasteiger partial charge in [0.1, 0.15) is 0 Å². The summed E-state index contributed by atoms with van der Waals surface area (Å²) in [7, 11) is 0. The average molecular weight is 477 g/mol. The maximum absolute atomic E-state index is 12.1. The molecule has 6 heteroatoms. The zero-order valence-corrected chi connectivity index (χ0v) is 21.3. The van der Waals surface area contributed by atoms with Gasteiger partial charge in [-0.2, -0.15) is 0 Å². The fraction of sp³-hybridized carbons (Fsp3) is 0.538. The van der Waals surface area contributed by atoms with Crippen LogP contribution in [0.3, 0.4) is 0 Å². The van der Waals surface area contributed by atoms with Crippen LogP contribution >= 0.6 is 22.7 Å². The van der Waals surface area contributed by atoms with Gasteiger partial charge < -0.3 is 10.2 Å². The van der Waals surface area contributed by atoms with E-state index in [0.29, 0.717) is 0 Å². The van der Waals surface area contributed by atoms with E-state index in [1.54, 1.807) is 46.9 Å². The van der Waals surface area contributed by atoms with Crippen molar-refractivity contribution in [1.29, 1.82) is 0 Å². The van der Waals surface area contributed by atoms with Gasteiger partial charge >= 0.3 is 0 Å². The molecule has 2 heterocycles. The summed E-state index contributed by atoms with van der Waals surface area (Å²) < 4.78 is 0. The molecule has 0 aliphatic rings. The van der Waals surface area contributed by atoms with Gasteiger partial charge in [0.15, 0.2) is 10.9 Å². The second-order valence-electron chi connectivity index (χ2n) is 10.0. The molecule has 0 unspecified atom stereocenters. The first-order chi connectivity index (χ1) is 15.0. The van der Waals surface area contributed by atoms with Crippen LogP contribution in [0.25, 0.3) is 12.2 Å². The molecule has 0 atom stereocenters. The Balaban J connectivity index is 2.07. The lowest BCUT2D eigenvalue weighted by Crippen LogP contribution is -2.16. The van der Waals surface area contributed by atoms with Gasteiger partial charge in [0.05, 0.1) is 0 Å². The second-order valence-corrected chi connectivity index (χ2v) is 12.4. The van der Waals surface area contributed by atoms with Crippen LogP contribution in [0, 0.1) is 10.8 Å². The van der Waals surface area contributed by atoms with E-state index in [9.17, 15) is 19.8 Å². The maximum Gasteiger partial charge on any atom is 0.181 e. The first-order valence-corrected chi connectivity index (χ1v) is 12.8. The fourth-order valence-electron chi connectivity index (χ4n) is 3.32. The lowest BCUT2D eigenvalue weighted by Gasteiger charge is -2.20. The van der Waals surface area contributed by atoms with Crippen LogP contribution in [-0.2, 0) is 12.8 Å². The molecule has 0 aromatic carbocycles. The predicted octanol–water partition coefficient (Wildman–Crippen LogP) is 5.38. The zero-order chi connectivity index (χ0) is 23.8. The molecule has 0 amide bonds. The van der Waals surface area contributed by atoms with Crippen molar-refractivity contribution in [3.8, 4) is 0 Å². The van der Waals surface area contributed by atoms with E-state index in [1.807, 2.05) is 39.8 Å². The first kappa shape index (κ1) is 26.7. The molecule has 0 radical (unpaired) electrons. The van der Waals surface area contributed by atoms with Gasteiger partial charge in [-0.05, 0) is 73.6 Å². The minimum Gasteiger partial charge on any atom is -0.396 e. The summed E-state index contributed by atoms with van der Waals surface area (Å²) >= 11 is 3.19. The molecule has 32 heavy (non-hydrogen) atoms. The number of hydrogen-bond acceptors (Lipinski definition) is 6. The maximum atomic E-state index is 12.1. The molecule has 0 saturated carbocycles. The summed E-state index contributed by atoms with van der Waals surface area (Å²) in [4.78, 5) is 28.1. The van der Waals surface area contributed by atoms with Crippen molar-refractivity contribution in [2.24, 2.45) is 10.8 Å². The molecular formula is C26H36O4S2. The van der Waals surface area contributed by atoms with E-state index in [-0.39, 0.29) is 34.9 Å². The van der Waals surface area contributed by atoms with E-state index in [4.69, 9.17) is 0 Å². The summed E-state index contributed by atoms with van der Waals surface area (Å²) in [6.45, 7) is 8.49. The topological polar surface area (TPSA) is 74.6 Å². The Morgan fingerprint density at radius 3 is 1.44 bits per heavy atom. The highest BCUT2D eigenvalue weighted by Crippen LogP contribution is 2.25. The minimum atomic E-state index is -0.0984. The summed E-state index contributed by atoms with van der Waals surface area (Å²) in [5, 5.41) is 18.8. The quantitative estimate of drug-likeness (QED) is 0.431. The smallest absolute Gasteiger partial charge is 0.181 e. The third-order valence-electron chi connectivity index (χ3n) is 5.49. The fourth-order valence-corrected chi connectivity index (χ4v) is 5.39. The highest BCUT2D eigenvalue weighted by Gasteiger charge is 2.16. The molecule has 0 aliphatic carbocycles. The van der Waals surface area contributed by atoms with Crippen molar-refractivity contribution in [3.63, 3.8) is 0 Å². The Bertz CT molecular complexity index is 933. The zero-order valence-electron chi connectivity index (χ0n) is 19.6. The van der Waals surface area contributed by atoms with Crippen LogP contribution in [0.4, 0.5) is 0 Å². The molecular weight excluding hydrogens is 440 g/mol. The molecule has 0 aliphatic heterocycles. The van der Waals surface area contributed by atoms with Crippen molar-refractivity contribution < 1.29 is 10.2 Å². The number of hydrogen-bond donors (Lipinski definition) is 2. The summed E-state index contributed by atoms with van der Waals surface area (Å²) in [5.74, 6) is 0. The van der Waals surface area contributed by atoms with Crippen LogP contribution in [0.2, 0.25) is 0 Å². The van der Waals surface area contributed by atoms with Crippen LogP contribution < -0.4 is 10.9 Å². The Hall–Kier alpha value is -1.60. The summed E-state index contributed by atoms with van der Waals surface area (Å²) in [6, 6.07) is 6.65. The molecule has 0 saturated heterocycles. The lowest BCUT2D eigenvalue weighted by atomic mass is 9.88. The third-order valence-corrected chi connectivity index (χ3v) is 7.64.